The fraction of sp³-hybridized carbons (Fsp3) is 0.818. The van der Waals surface area contributed by atoms with Gasteiger partial charge in [0.15, 0.2) is 0 Å². The Morgan fingerprint density at radius 2 is 1.44 bits per heavy atom. The molecule has 32 heavy (non-hydrogen) atoms. The summed E-state index contributed by atoms with van der Waals surface area (Å²) < 4.78 is 10.3. The van der Waals surface area contributed by atoms with Gasteiger partial charge in [-0.15, -0.1) is 0 Å². The normalized spacial score (nSPS) is 12.5. The van der Waals surface area contributed by atoms with Gasteiger partial charge in [0.2, 0.25) is 11.8 Å². The number of esters is 1. The van der Waals surface area contributed by atoms with Crippen LogP contribution in [0.5, 0.6) is 0 Å². The van der Waals surface area contributed by atoms with Crippen LogP contribution < -0.4 is 21.3 Å². The summed E-state index contributed by atoms with van der Waals surface area (Å²) in [5.41, 5.74) is -1.26. The van der Waals surface area contributed by atoms with Gasteiger partial charge < -0.3 is 30.7 Å². The van der Waals surface area contributed by atoms with E-state index in [2.05, 4.69) is 21.3 Å². The lowest BCUT2D eigenvalue weighted by molar-refractivity contribution is -0.156. The summed E-state index contributed by atoms with van der Waals surface area (Å²) in [7, 11) is 0. The Balaban J connectivity index is 4.63. The van der Waals surface area contributed by atoms with E-state index < -0.39 is 41.6 Å². The van der Waals surface area contributed by atoms with E-state index in [4.69, 9.17) is 9.47 Å². The third-order valence-electron chi connectivity index (χ3n) is 3.82. The largest absolute Gasteiger partial charge is 0.460 e. The summed E-state index contributed by atoms with van der Waals surface area (Å²) in [6.07, 6.45) is 0.582. The van der Waals surface area contributed by atoms with Crippen molar-refractivity contribution in [1.29, 1.82) is 0 Å². The minimum Gasteiger partial charge on any atom is -0.460 e. The number of carbonyl (C=O) groups is 4. The van der Waals surface area contributed by atoms with E-state index in [9.17, 15) is 19.2 Å². The van der Waals surface area contributed by atoms with Gasteiger partial charge in [0.1, 0.15) is 23.7 Å². The number of alkyl carbamates (subject to hydrolysis) is 1. The first-order chi connectivity index (χ1) is 14.7. The molecule has 10 heteroatoms. The second-order valence-corrected chi connectivity index (χ2v) is 9.45. The van der Waals surface area contributed by atoms with Gasteiger partial charge in [-0.1, -0.05) is 6.92 Å². The van der Waals surface area contributed by atoms with Gasteiger partial charge in [-0.2, -0.15) is 0 Å². The van der Waals surface area contributed by atoms with Crippen molar-refractivity contribution in [2.24, 2.45) is 0 Å². The van der Waals surface area contributed by atoms with Gasteiger partial charge in [-0.25, -0.2) is 4.79 Å². The van der Waals surface area contributed by atoms with Crippen molar-refractivity contribution in [1.82, 2.24) is 21.3 Å². The third kappa shape index (κ3) is 17.3. The van der Waals surface area contributed by atoms with Gasteiger partial charge >= 0.3 is 12.1 Å². The Kier molecular flexibility index (Phi) is 13.6. The second-order valence-electron chi connectivity index (χ2n) is 9.45. The highest BCUT2D eigenvalue weighted by atomic mass is 16.6. The van der Waals surface area contributed by atoms with Crippen LogP contribution in [0.25, 0.3) is 0 Å². The first-order valence-electron chi connectivity index (χ1n) is 11.2. The fourth-order valence-electron chi connectivity index (χ4n) is 2.58. The number of rotatable bonds is 13. The molecule has 0 aliphatic heterocycles. The first-order valence-corrected chi connectivity index (χ1v) is 11.2. The van der Waals surface area contributed by atoms with E-state index in [1.54, 1.807) is 41.5 Å². The highest BCUT2D eigenvalue weighted by molar-refractivity contribution is 5.96. The summed E-state index contributed by atoms with van der Waals surface area (Å²) in [5.74, 6) is -1.54. The van der Waals surface area contributed by atoms with E-state index in [1.165, 1.54) is 0 Å². The average Bonchev–Trinajstić information content (AvgIpc) is 2.60. The number of ether oxygens (including phenoxy) is 2. The fourth-order valence-corrected chi connectivity index (χ4v) is 2.58. The molecule has 3 amide bonds. The molecule has 0 heterocycles. The van der Waals surface area contributed by atoms with Crippen molar-refractivity contribution in [3.63, 3.8) is 0 Å². The van der Waals surface area contributed by atoms with Crippen LogP contribution in [0.1, 0.15) is 74.1 Å². The molecular formula is C22H42N4O6. The Morgan fingerprint density at radius 1 is 0.812 bits per heavy atom. The van der Waals surface area contributed by atoms with Crippen LogP contribution in [-0.2, 0) is 23.9 Å². The molecular weight excluding hydrogens is 416 g/mol. The molecule has 0 saturated heterocycles. The summed E-state index contributed by atoms with van der Waals surface area (Å²) >= 11 is 0. The maximum atomic E-state index is 12.5. The molecule has 0 aromatic heterocycles. The number of unbranched alkanes of at least 4 members (excludes halogenated alkanes) is 1. The maximum Gasteiger partial charge on any atom is 0.407 e. The predicted molar refractivity (Wildman–Crippen MR) is 122 cm³/mol. The smallest absolute Gasteiger partial charge is 0.407 e. The predicted octanol–water partition coefficient (Wildman–Crippen LogP) is 1.62. The quantitative estimate of drug-likeness (QED) is 0.187. The second kappa shape index (κ2) is 14.7. The van der Waals surface area contributed by atoms with E-state index in [-0.39, 0.29) is 5.91 Å². The van der Waals surface area contributed by atoms with Crippen LogP contribution in [0.15, 0.2) is 0 Å². The van der Waals surface area contributed by atoms with Crippen molar-refractivity contribution in [3.05, 3.63) is 0 Å². The Morgan fingerprint density at radius 3 is 2.00 bits per heavy atom. The highest BCUT2D eigenvalue weighted by Crippen LogP contribution is 2.09. The SMILES string of the molecule is CCNCCNC(=O)[C@H](CCCCNC(=O)OC(C)(C)C)NC(=O)CC(=O)OC(C)(C)C. The van der Waals surface area contributed by atoms with Crippen molar-refractivity contribution >= 4 is 23.9 Å². The summed E-state index contributed by atoms with van der Waals surface area (Å²) in [4.78, 5) is 48.4. The molecule has 10 nitrogen and oxygen atoms in total. The molecule has 0 fully saturated rings. The Labute approximate surface area is 191 Å². The zero-order valence-electron chi connectivity index (χ0n) is 20.7. The number of carbonyl (C=O) groups excluding carboxylic acids is 4. The molecule has 0 unspecified atom stereocenters. The van der Waals surface area contributed by atoms with Gasteiger partial charge in [0.25, 0.3) is 0 Å². The number of nitrogens with one attached hydrogen (secondary N) is 4. The van der Waals surface area contributed by atoms with E-state index in [0.717, 1.165) is 6.54 Å². The van der Waals surface area contributed by atoms with Crippen molar-refractivity contribution < 1.29 is 28.7 Å². The molecule has 186 valence electrons. The van der Waals surface area contributed by atoms with Gasteiger partial charge in [-0.05, 0) is 67.3 Å². The molecule has 0 aliphatic carbocycles. The Bertz CT molecular complexity index is 611. The van der Waals surface area contributed by atoms with Crippen LogP contribution in [-0.4, -0.2) is 67.3 Å². The van der Waals surface area contributed by atoms with Crippen LogP contribution >= 0.6 is 0 Å². The molecule has 4 N–H and O–H groups in total. The van der Waals surface area contributed by atoms with Gasteiger partial charge in [0, 0.05) is 19.6 Å². The van der Waals surface area contributed by atoms with E-state index in [0.29, 0.717) is 38.9 Å². The number of hydrogen-bond donors (Lipinski definition) is 4. The number of likely N-dealkylation sites (N-methyl/N-ethyl adjacent to an activating group) is 1. The van der Waals surface area contributed by atoms with E-state index >= 15 is 0 Å². The molecule has 0 saturated carbocycles. The monoisotopic (exact) mass is 458 g/mol. The van der Waals surface area contributed by atoms with Gasteiger partial charge in [0.05, 0.1) is 0 Å². The first kappa shape index (κ1) is 29.6. The zero-order chi connectivity index (χ0) is 24.8. The maximum absolute atomic E-state index is 12.5. The molecule has 0 rings (SSSR count). The van der Waals surface area contributed by atoms with Crippen molar-refractivity contribution in [3.8, 4) is 0 Å². The van der Waals surface area contributed by atoms with Gasteiger partial charge in [-0.3, -0.25) is 14.4 Å². The number of hydrogen-bond acceptors (Lipinski definition) is 7. The lowest BCUT2D eigenvalue weighted by Crippen LogP contribution is -2.48. The standard InChI is InChI=1S/C22H42N4O6/c1-8-23-13-14-24-19(29)16(26-17(27)15-18(28)31-21(2,3)4)11-9-10-12-25-20(30)32-22(5,6)7/h16,23H,8-15H2,1-7H3,(H,24,29)(H,25,30)(H,26,27)/t16-/m0/s1. The molecule has 0 aromatic carbocycles. The van der Waals surface area contributed by atoms with Crippen molar-refractivity contribution in [2.45, 2.75) is 91.4 Å². The van der Waals surface area contributed by atoms with Crippen LogP contribution in [0.3, 0.4) is 0 Å². The minimum atomic E-state index is -0.784. The van der Waals surface area contributed by atoms with Crippen LogP contribution in [0, 0.1) is 0 Å². The lowest BCUT2D eigenvalue weighted by Gasteiger charge is -2.21. The molecule has 0 aliphatic rings. The molecule has 0 radical (unpaired) electrons. The van der Waals surface area contributed by atoms with E-state index in [1.807, 2.05) is 6.92 Å². The third-order valence-corrected chi connectivity index (χ3v) is 3.82. The molecule has 1 atom stereocenters. The topological polar surface area (TPSA) is 135 Å². The minimum absolute atomic E-state index is 0.319. The molecule has 0 bridgehead atoms. The Hall–Kier alpha value is -2.36. The molecule has 0 aromatic rings. The highest BCUT2D eigenvalue weighted by Gasteiger charge is 2.24. The van der Waals surface area contributed by atoms with Crippen molar-refractivity contribution in [2.75, 3.05) is 26.2 Å². The van der Waals surface area contributed by atoms with Crippen LogP contribution in [0.2, 0.25) is 0 Å². The summed E-state index contributed by atoms with van der Waals surface area (Å²) in [5, 5.41) is 11.2. The molecule has 0 spiro atoms. The summed E-state index contributed by atoms with van der Waals surface area (Å²) in [6.45, 7) is 14.7. The summed E-state index contributed by atoms with van der Waals surface area (Å²) in [6, 6.07) is -0.784. The van der Waals surface area contributed by atoms with Crippen LogP contribution in [0.4, 0.5) is 4.79 Å². The average molecular weight is 459 g/mol. The zero-order valence-corrected chi connectivity index (χ0v) is 20.7. The number of amides is 3. The lowest BCUT2D eigenvalue weighted by atomic mass is 10.1.